The summed E-state index contributed by atoms with van der Waals surface area (Å²) in [6.07, 6.45) is 1.35. The molecule has 0 bridgehead atoms. The van der Waals surface area contributed by atoms with Crippen LogP contribution in [0.4, 0.5) is 0 Å². The molecule has 7 nitrogen and oxygen atoms in total. The summed E-state index contributed by atoms with van der Waals surface area (Å²) in [6.45, 7) is 3.00. The minimum absolute atomic E-state index is 0.0849. The summed E-state index contributed by atoms with van der Waals surface area (Å²) in [4.78, 5) is 23.2. The fourth-order valence-corrected chi connectivity index (χ4v) is 1.58. The second kappa shape index (κ2) is 5.43. The molecule has 0 atom stereocenters. The Labute approximate surface area is 113 Å². The molecule has 1 amide bonds. The van der Waals surface area contributed by atoms with Gasteiger partial charge in [0.2, 0.25) is 0 Å². The van der Waals surface area contributed by atoms with E-state index in [1.807, 2.05) is 0 Å². The van der Waals surface area contributed by atoms with E-state index in [0.717, 1.165) is 0 Å². The molecule has 0 aromatic carbocycles. The molecule has 2 N–H and O–H groups in total. The van der Waals surface area contributed by atoms with Gasteiger partial charge in [0.05, 0.1) is 12.0 Å². The molecule has 7 heteroatoms. The lowest BCUT2D eigenvalue weighted by molar-refractivity contribution is 0.0927. The maximum atomic E-state index is 11.6. The van der Waals surface area contributed by atoms with Crippen LogP contribution in [0.5, 0.6) is 5.75 Å². The predicted molar refractivity (Wildman–Crippen MR) is 69.8 cm³/mol. The Morgan fingerprint density at radius 2 is 2.20 bits per heavy atom. The summed E-state index contributed by atoms with van der Waals surface area (Å²) in [5.41, 5.74) is 1.51. The van der Waals surface area contributed by atoms with E-state index in [4.69, 9.17) is 8.83 Å². The first-order valence-electron chi connectivity index (χ1n) is 5.71. The molecule has 2 heterocycles. The van der Waals surface area contributed by atoms with Crippen LogP contribution in [0, 0.1) is 6.92 Å². The van der Waals surface area contributed by atoms with Crippen LogP contribution in [0.3, 0.4) is 0 Å². The molecule has 104 valence electrons. The number of hydrogen-bond donors (Lipinski definition) is 2. The highest BCUT2D eigenvalue weighted by Crippen LogP contribution is 2.15. The van der Waals surface area contributed by atoms with E-state index >= 15 is 0 Å². The topological polar surface area (TPSA) is 105 Å². The number of furan rings is 1. The largest absolute Gasteiger partial charge is 0.507 e. The van der Waals surface area contributed by atoms with E-state index in [-0.39, 0.29) is 28.5 Å². The van der Waals surface area contributed by atoms with Crippen molar-refractivity contribution in [2.45, 2.75) is 13.8 Å². The van der Waals surface area contributed by atoms with Crippen LogP contribution < -0.4 is 11.1 Å². The first-order chi connectivity index (χ1) is 9.49. The fourth-order valence-electron chi connectivity index (χ4n) is 1.58. The van der Waals surface area contributed by atoms with E-state index in [9.17, 15) is 14.7 Å². The number of amides is 1. The van der Waals surface area contributed by atoms with E-state index < -0.39 is 11.5 Å². The third-order valence-corrected chi connectivity index (χ3v) is 2.49. The van der Waals surface area contributed by atoms with Crippen LogP contribution in [-0.4, -0.2) is 16.7 Å². The lowest BCUT2D eigenvalue weighted by Crippen LogP contribution is -2.21. The number of hydrazone groups is 1. The van der Waals surface area contributed by atoms with Crippen LogP contribution in [0.1, 0.15) is 28.8 Å². The summed E-state index contributed by atoms with van der Waals surface area (Å²) in [7, 11) is 0. The molecule has 0 saturated carbocycles. The predicted octanol–water partition coefficient (Wildman–Crippen LogP) is 1.40. The zero-order chi connectivity index (χ0) is 14.7. The second-order valence-corrected chi connectivity index (χ2v) is 4.02. The number of carbonyl (C=O) groups is 1. The Bertz CT molecular complexity index is 713. The Hall–Kier alpha value is -2.83. The Kier molecular flexibility index (Phi) is 3.69. The SMILES string of the molecule is C/C(=N/NC(=O)c1ccco1)c1c(O)cc(C)oc1=O. The van der Waals surface area contributed by atoms with Gasteiger partial charge >= 0.3 is 11.5 Å². The second-order valence-electron chi connectivity index (χ2n) is 4.02. The van der Waals surface area contributed by atoms with E-state index in [1.165, 1.54) is 32.2 Å². The van der Waals surface area contributed by atoms with Crippen LogP contribution in [0.25, 0.3) is 0 Å². The van der Waals surface area contributed by atoms with E-state index in [0.29, 0.717) is 0 Å². The number of aryl methyl sites for hydroxylation is 1. The van der Waals surface area contributed by atoms with Crippen molar-refractivity contribution in [1.82, 2.24) is 5.43 Å². The van der Waals surface area contributed by atoms with E-state index in [2.05, 4.69) is 10.5 Å². The zero-order valence-electron chi connectivity index (χ0n) is 10.8. The molecule has 0 radical (unpaired) electrons. The summed E-state index contributed by atoms with van der Waals surface area (Å²) in [5.74, 6) is -0.456. The molecule has 0 aliphatic rings. The fraction of sp³-hybridized carbons (Fsp3) is 0.154. The third-order valence-electron chi connectivity index (χ3n) is 2.49. The van der Waals surface area contributed by atoms with Crippen LogP contribution in [0.2, 0.25) is 0 Å². The van der Waals surface area contributed by atoms with Crippen LogP contribution in [-0.2, 0) is 0 Å². The average Bonchev–Trinajstić information content (AvgIpc) is 2.88. The van der Waals surface area contributed by atoms with Gasteiger partial charge in [-0.3, -0.25) is 4.79 Å². The highest BCUT2D eigenvalue weighted by Gasteiger charge is 2.14. The summed E-state index contributed by atoms with van der Waals surface area (Å²) in [6, 6.07) is 4.33. The zero-order valence-corrected chi connectivity index (χ0v) is 10.8. The molecule has 0 saturated heterocycles. The van der Waals surface area contributed by atoms with Gasteiger partial charge in [-0.25, -0.2) is 10.2 Å². The van der Waals surface area contributed by atoms with Crippen LogP contribution >= 0.6 is 0 Å². The summed E-state index contributed by atoms with van der Waals surface area (Å²) < 4.78 is 9.75. The van der Waals surface area contributed by atoms with Crippen molar-refractivity contribution in [3.8, 4) is 5.75 Å². The molecule has 2 aromatic rings. The van der Waals surface area contributed by atoms with Gasteiger partial charge < -0.3 is 13.9 Å². The average molecular weight is 276 g/mol. The number of aromatic hydroxyl groups is 1. The summed E-state index contributed by atoms with van der Waals surface area (Å²) in [5, 5.41) is 13.5. The third kappa shape index (κ3) is 2.77. The van der Waals surface area contributed by atoms with Gasteiger partial charge in [0.25, 0.3) is 0 Å². The van der Waals surface area contributed by atoms with Crippen molar-refractivity contribution in [3.05, 3.63) is 52.0 Å². The van der Waals surface area contributed by atoms with Crippen molar-refractivity contribution < 1.29 is 18.7 Å². The van der Waals surface area contributed by atoms with Gasteiger partial charge in [-0.05, 0) is 26.0 Å². The number of hydrogen-bond acceptors (Lipinski definition) is 6. The molecule has 20 heavy (non-hydrogen) atoms. The van der Waals surface area contributed by atoms with Gasteiger partial charge in [-0.1, -0.05) is 0 Å². The lowest BCUT2D eigenvalue weighted by Gasteiger charge is -2.03. The van der Waals surface area contributed by atoms with Crippen molar-refractivity contribution in [2.75, 3.05) is 0 Å². The van der Waals surface area contributed by atoms with Crippen molar-refractivity contribution in [2.24, 2.45) is 5.10 Å². The maximum Gasteiger partial charge on any atom is 0.348 e. The molecule has 2 rings (SSSR count). The van der Waals surface area contributed by atoms with E-state index in [1.54, 1.807) is 6.07 Å². The number of carbonyl (C=O) groups excluding carboxylic acids is 1. The minimum Gasteiger partial charge on any atom is -0.507 e. The first kappa shape index (κ1) is 13.6. The molecule has 0 spiro atoms. The lowest BCUT2D eigenvalue weighted by atomic mass is 10.2. The highest BCUT2D eigenvalue weighted by atomic mass is 16.4. The first-order valence-corrected chi connectivity index (χ1v) is 5.71. The normalized spacial score (nSPS) is 11.4. The summed E-state index contributed by atoms with van der Waals surface area (Å²) >= 11 is 0. The highest BCUT2D eigenvalue weighted by molar-refractivity contribution is 6.01. The number of nitrogens with zero attached hydrogens (tertiary/aromatic N) is 1. The Morgan fingerprint density at radius 1 is 1.45 bits per heavy atom. The van der Waals surface area contributed by atoms with Crippen molar-refractivity contribution >= 4 is 11.6 Å². The Morgan fingerprint density at radius 3 is 2.80 bits per heavy atom. The monoisotopic (exact) mass is 276 g/mol. The molecule has 0 fully saturated rings. The quantitative estimate of drug-likeness (QED) is 0.651. The molecule has 2 aromatic heterocycles. The molecular weight excluding hydrogens is 264 g/mol. The molecular formula is C13H12N2O5. The van der Waals surface area contributed by atoms with Gasteiger partial charge in [0, 0.05) is 6.07 Å². The number of rotatable bonds is 3. The number of nitrogens with one attached hydrogen (secondary N) is 1. The van der Waals surface area contributed by atoms with Gasteiger partial charge in [-0.15, -0.1) is 0 Å². The smallest absolute Gasteiger partial charge is 0.348 e. The Balaban J connectivity index is 2.24. The van der Waals surface area contributed by atoms with Crippen molar-refractivity contribution in [1.29, 1.82) is 0 Å². The van der Waals surface area contributed by atoms with Gasteiger partial charge in [0.15, 0.2) is 5.76 Å². The standard InChI is InChI=1S/C13H12N2O5/c1-7-6-9(16)11(13(18)20-7)8(2)14-15-12(17)10-4-3-5-19-10/h3-6,16H,1-2H3,(H,15,17)/b14-8-. The molecule has 0 unspecified atom stereocenters. The molecule has 0 aliphatic heterocycles. The van der Waals surface area contributed by atoms with Crippen molar-refractivity contribution in [3.63, 3.8) is 0 Å². The molecule has 0 aliphatic carbocycles. The van der Waals surface area contributed by atoms with Gasteiger partial charge in [0.1, 0.15) is 17.1 Å². The minimum atomic E-state index is -0.726. The van der Waals surface area contributed by atoms with Crippen LogP contribution in [0.15, 0.2) is 43.2 Å². The van der Waals surface area contributed by atoms with Gasteiger partial charge in [-0.2, -0.15) is 5.10 Å². The maximum absolute atomic E-state index is 11.6.